The van der Waals surface area contributed by atoms with Gasteiger partial charge in [-0.2, -0.15) is 0 Å². The van der Waals surface area contributed by atoms with Gasteiger partial charge in [-0.15, -0.1) is 12.4 Å². The van der Waals surface area contributed by atoms with E-state index in [1.165, 1.54) is 25.0 Å². The van der Waals surface area contributed by atoms with Crippen LogP contribution >= 0.6 is 12.4 Å². The summed E-state index contributed by atoms with van der Waals surface area (Å²) in [7, 11) is 1.91. The molecule has 0 bridgehead atoms. The van der Waals surface area contributed by atoms with Gasteiger partial charge >= 0.3 is 0 Å². The predicted octanol–water partition coefficient (Wildman–Crippen LogP) is 3.56. The van der Waals surface area contributed by atoms with Crippen LogP contribution in [0, 0.1) is 5.82 Å². The van der Waals surface area contributed by atoms with E-state index in [4.69, 9.17) is 0 Å². The Morgan fingerprint density at radius 3 is 2.52 bits per heavy atom. The van der Waals surface area contributed by atoms with Crippen molar-refractivity contribution in [2.45, 2.75) is 51.0 Å². The fourth-order valence-corrected chi connectivity index (χ4v) is 3.19. The maximum Gasteiger partial charge on any atom is 0.222 e. The van der Waals surface area contributed by atoms with Crippen LogP contribution in [0.25, 0.3) is 0 Å². The number of carbonyl (C=O) groups is 1. The van der Waals surface area contributed by atoms with Crippen LogP contribution in [0.5, 0.6) is 0 Å². The van der Waals surface area contributed by atoms with E-state index in [1.807, 2.05) is 19.2 Å². The van der Waals surface area contributed by atoms with Gasteiger partial charge in [-0.25, -0.2) is 4.39 Å². The molecule has 1 aliphatic carbocycles. The fraction of sp³-hybridized carbons (Fsp3) is 0.611. The molecule has 0 aromatic heterocycles. The van der Waals surface area contributed by atoms with Crippen LogP contribution in [-0.2, 0) is 11.2 Å². The summed E-state index contributed by atoms with van der Waals surface area (Å²) in [5, 5.41) is 3.09. The molecule has 5 heteroatoms. The molecule has 1 fully saturated rings. The van der Waals surface area contributed by atoms with Crippen molar-refractivity contribution >= 4 is 18.3 Å². The van der Waals surface area contributed by atoms with Crippen molar-refractivity contribution in [3.05, 3.63) is 35.6 Å². The van der Waals surface area contributed by atoms with Crippen LogP contribution in [0.3, 0.4) is 0 Å². The Hall–Kier alpha value is -1.13. The molecule has 0 atom stereocenters. The highest BCUT2D eigenvalue weighted by Gasteiger charge is 2.25. The number of carbonyl (C=O) groups excluding carboxylic acids is 1. The molecule has 1 aromatic rings. The number of hydrogen-bond donors (Lipinski definition) is 1. The standard InChI is InChI=1S/C18H27FN2O.ClH/c1-20-13-4-7-18(22)21(17-5-2-3-6-17)14-12-15-8-10-16(19)11-9-15;/h8-11,17,20H,2-7,12-14H2,1H3;1H. The molecule has 1 saturated carbocycles. The topological polar surface area (TPSA) is 32.3 Å². The molecule has 1 aliphatic rings. The Labute approximate surface area is 145 Å². The number of hydrogen-bond acceptors (Lipinski definition) is 2. The third-order valence-corrected chi connectivity index (χ3v) is 4.46. The minimum absolute atomic E-state index is 0. The second-order valence-corrected chi connectivity index (χ2v) is 6.11. The van der Waals surface area contributed by atoms with Crippen molar-refractivity contribution in [1.29, 1.82) is 0 Å². The molecule has 1 N–H and O–H groups in total. The normalized spacial score (nSPS) is 14.5. The monoisotopic (exact) mass is 342 g/mol. The summed E-state index contributed by atoms with van der Waals surface area (Å²) < 4.78 is 13.0. The Morgan fingerprint density at radius 2 is 1.91 bits per heavy atom. The summed E-state index contributed by atoms with van der Waals surface area (Å²) in [4.78, 5) is 14.6. The molecule has 0 aliphatic heterocycles. The van der Waals surface area contributed by atoms with Crippen molar-refractivity contribution in [3.63, 3.8) is 0 Å². The first kappa shape index (κ1) is 19.9. The molecular formula is C18H28ClFN2O. The van der Waals surface area contributed by atoms with Crippen molar-refractivity contribution in [1.82, 2.24) is 10.2 Å². The van der Waals surface area contributed by atoms with Gasteiger partial charge in [0.1, 0.15) is 5.82 Å². The maximum atomic E-state index is 13.0. The van der Waals surface area contributed by atoms with E-state index in [1.54, 1.807) is 0 Å². The zero-order chi connectivity index (χ0) is 15.8. The largest absolute Gasteiger partial charge is 0.339 e. The van der Waals surface area contributed by atoms with Gasteiger partial charge in [-0.05, 0) is 57.0 Å². The number of benzene rings is 1. The average molecular weight is 343 g/mol. The molecule has 130 valence electrons. The third-order valence-electron chi connectivity index (χ3n) is 4.46. The molecular weight excluding hydrogens is 315 g/mol. The van der Waals surface area contributed by atoms with Crippen molar-refractivity contribution < 1.29 is 9.18 Å². The predicted molar refractivity (Wildman–Crippen MR) is 94.5 cm³/mol. The third kappa shape index (κ3) is 6.48. The minimum Gasteiger partial charge on any atom is -0.339 e. The molecule has 0 unspecified atom stereocenters. The Morgan fingerprint density at radius 1 is 1.26 bits per heavy atom. The lowest BCUT2D eigenvalue weighted by Crippen LogP contribution is -2.40. The Kier molecular flexibility index (Phi) is 9.19. The van der Waals surface area contributed by atoms with Crippen LogP contribution in [-0.4, -0.2) is 37.0 Å². The van der Waals surface area contributed by atoms with E-state index in [-0.39, 0.29) is 24.1 Å². The van der Waals surface area contributed by atoms with Crippen LogP contribution in [0.15, 0.2) is 24.3 Å². The van der Waals surface area contributed by atoms with Crippen molar-refractivity contribution in [2.75, 3.05) is 20.1 Å². The maximum absolute atomic E-state index is 13.0. The zero-order valence-corrected chi connectivity index (χ0v) is 14.7. The van der Waals surface area contributed by atoms with Gasteiger partial charge in [-0.1, -0.05) is 25.0 Å². The van der Waals surface area contributed by atoms with Crippen LogP contribution in [0.4, 0.5) is 4.39 Å². The lowest BCUT2D eigenvalue weighted by atomic mass is 10.1. The van der Waals surface area contributed by atoms with E-state index in [0.29, 0.717) is 12.5 Å². The molecule has 0 spiro atoms. The lowest BCUT2D eigenvalue weighted by molar-refractivity contribution is -0.133. The molecule has 0 radical (unpaired) electrons. The highest BCUT2D eigenvalue weighted by Crippen LogP contribution is 2.24. The minimum atomic E-state index is -0.209. The van der Waals surface area contributed by atoms with E-state index in [0.717, 1.165) is 44.3 Å². The lowest BCUT2D eigenvalue weighted by Gasteiger charge is -2.29. The molecule has 23 heavy (non-hydrogen) atoms. The summed E-state index contributed by atoms with van der Waals surface area (Å²) in [5.74, 6) is 0.0591. The second-order valence-electron chi connectivity index (χ2n) is 6.11. The Balaban J connectivity index is 0.00000264. The molecule has 3 nitrogen and oxygen atoms in total. The Bertz CT molecular complexity index is 461. The average Bonchev–Trinajstić information content (AvgIpc) is 3.04. The van der Waals surface area contributed by atoms with Crippen LogP contribution < -0.4 is 5.32 Å². The molecule has 2 rings (SSSR count). The highest BCUT2D eigenvalue weighted by molar-refractivity contribution is 5.85. The number of halogens is 2. The highest BCUT2D eigenvalue weighted by atomic mass is 35.5. The van der Waals surface area contributed by atoms with Crippen molar-refractivity contribution in [3.8, 4) is 0 Å². The van der Waals surface area contributed by atoms with Gasteiger partial charge in [0.15, 0.2) is 0 Å². The van der Waals surface area contributed by atoms with Gasteiger partial charge in [-0.3, -0.25) is 4.79 Å². The summed E-state index contributed by atoms with van der Waals surface area (Å²) in [6, 6.07) is 7.01. The second kappa shape index (κ2) is 10.6. The first-order chi connectivity index (χ1) is 10.7. The van der Waals surface area contributed by atoms with Gasteiger partial charge in [0.2, 0.25) is 5.91 Å². The SMILES string of the molecule is CNCCCC(=O)N(CCc1ccc(F)cc1)C1CCCC1.Cl. The fourth-order valence-electron chi connectivity index (χ4n) is 3.19. The van der Waals surface area contributed by atoms with Gasteiger partial charge in [0.25, 0.3) is 0 Å². The van der Waals surface area contributed by atoms with Gasteiger partial charge < -0.3 is 10.2 Å². The van der Waals surface area contributed by atoms with E-state index < -0.39 is 0 Å². The number of amides is 1. The first-order valence-corrected chi connectivity index (χ1v) is 8.39. The molecule has 1 amide bonds. The quantitative estimate of drug-likeness (QED) is 0.733. The summed E-state index contributed by atoms with van der Waals surface area (Å²) >= 11 is 0. The van der Waals surface area contributed by atoms with Gasteiger partial charge in [0, 0.05) is 19.0 Å². The summed E-state index contributed by atoms with van der Waals surface area (Å²) in [5.41, 5.74) is 1.09. The van der Waals surface area contributed by atoms with Crippen LogP contribution in [0.1, 0.15) is 44.1 Å². The smallest absolute Gasteiger partial charge is 0.222 e. The number of nitrogens with zero attached hydrogens (tertiary/aromatic N) is 1. The van der Waals surface area contributed by atoms with Crippen LogP contribution in [0.2, 0.25) is 0 Å². The first-order valence-electron chi connectivity index (χ1n) is 8.39. The van der Waals surface area contributed by atoms with E-state index in [9.17, 15) is 9.18 Å². The summed E-state index contributed by atoms with van der Waals surface area (Å²) in [6.45, 7) is 1.62. The number of rotatable bonds is 8. The van der Waals surface area contributed by atoms with Gasteiger partial charge in [0.05, 0.1) is 0 Å². The summed E-state index contributed by atoms with van der Waals surface area (Å²) in [6.07, 6.45) is 7.00. The number of nitrogens with one attached hydrogen (secondary N) is 1. The van der Waals surface area contributed by atoms with Crippen molar-refractivity contribution in [2.24, 2.45) is 0 Å². The zero-order valence-electron chi connectivity index (χ0n) is 13.9. The molecule has 0 saturated heterocycles. The van der Waals surface area contributed by atoms with E-state index >= 15 is 0 Å². The molecule has 0 heterocycles. The van der Waals surface area contributed by atoms with E-state index in [2.05, 4.69) is 10.2 Å². The molecule has 1 aromatic carbocycles.